The van der Waals surface area contributed by atoms with Crippen LogP contribution in [0.4, 0.5) is 0 Å². The summed E-state index contributed by atoms with van der Waals surface area (Å²) >= 11 is 1.81. The van der Waals surface area contributed by atoms with Crippen LogP contribution < -0.4 is 10.6 Å². The van der Waals surface area contributed by atoms with Crippen molar-refractivity contribution in [3.8, 4) is 0 Å². The number of hydrogen-bond acceptors (Lipinski definition) is 4. The van der Waals surface area contributed by atoms with Crippen LogP contribution >= 0.6 is 11.3 Å². The van der Waals surface area contributed by atoms with Crippen LogP contribution in [0.25, 0.3) is 0 Å². The quantitative estimate of drug-likeness (QED) is 0.626. The van der Waals surface area contributed by atoms with Crippen LogP contribution in [-0.2, 0) is 20.0 Å². The van der Waals surface area contributed by atoms with Crippen molar-refractivity contribution in [2.45, 2.75) is 19.9 Å². The zero-order chi connectivity index (χ0) is 15.1. The number of thiophene rings is 1. The van der Waals surface area contributed by atoms with E-state index < -0.39 is 0 Å². The fourth-order valence-electron chi connectivity index (χ4n) is 1.97. The van der Waals surface area contributed by atoms with Crippen molar-refractivity contribution in [3.63, 3.8) is 0 Å². The molecule has 0 fully saturated rings. The second kappa shape index (κ2) is 7.78. The molecule has 0 radical (unpaired) electrons. The average Bonchev–Trinajstić information content (AvgIpc) is 3.11. The first-order valence-electron chi connectivity index (χ1n) is 6.98. The normalized spacial score (nSPS) is 13.2. The Balaban J connectivity index is 1.73. The van der Waals surface area contributed by atoms with Gasteiger partial charge in [-0.1, -0.05) is 13.0 Å². The highest BCUT2D eigenvalue weighted by molar-refractivity contribution is 7.09. The van der Waals surface area contributed by atoms with Crippen molar-refractivity contribution < 1.29 is 0 Å². The summed E-state index contributed by atoms with van der Waals surface area (Å²) in [6.45, 7) is 3.73. The lowest BCUT2D eigenvalue weighted by Crippen LogP contribution is -2.39. The molecule has 2 aromatic rings. The Bertz CT molecular complexity index is 560. The van der Waals surface area contributed by atoms with Crippen LogP contribution in [0.1, 0.15) is 17.6 Å². The lowest BCUT2D eigenvalue weighted by Gasteiger charge is -2.15. The van der Waals surface area contributed by atoms with E-state index in [1.54, 1.807) is 13.4 Å². The molecule has 114 valence electrons. The summed E-state index contributed by atoms with van der Waals surface area (Å²) < 4.78 is 1.89. The largest absolute Gasteiger partial charge is 0.356 e. The Hall–Kier alpha value is -1.89. The van der Waals surface area contributed by atoms with Gasteiger partial charge in [0.2, 0.25) is 0 Å². The average molecular weight is 306 g/mol. The van der Waals surface area contributed by atoms with Crippen LogP contribution in [0.3, 0.4) is 0 Å². The third kappa shape index (κ3) is 4.86. The SMILES string of the molecule is CN=C(NCc1nncn1C)NCC(C)Cc1cccs1. The monoisotopic (exact) mass is 306 g/mol. The molecule has 0 saturated heterocycles. The van der Waals surface area contributed by atoms with Crippen LogP contribution in [-0.4, -0.2) is 34.3 Å². The number of guanidine groups is 1. The zero-order valence-electron chi connectivity index (χ0n) is 12.7. The Morgan fingerprint density at radius 1 is 1.48 bits per heavy atom. The lowest BCUT2D eigenvalue weighted by molar-refractivity contribution is 0.561. The zero-order valence-corrected chi connectivity index (χ0v) is 13.5. The summed E-state index contributed by atoms with van der Waals surface area (Å²) in [4.78, 5) is 5.65. The van der Waals surface area contributed by atoms with E-state index in [4.69, 9.17) is 0 Å². The first-order valence-corrected chi connectivity index (χ1v) is 7.86. The molecule has 0 amide bonds. The summed E-state index contributed by atoms with van der Waals surface area (Å²) in [5, 5.41) is 16.6. The molecule has 1 unspecified atom stereocenters. The summed E-state index contributed by atoms with van der Waals surface area (Å²) in [6, 6.07) is 4.28. The van der Waals surface area contributed by atoms with Crippen molar-refractivity contribution in [2.24, 2.45) is 18.0 Å². The third-order valence-electron chi connectivity index (χ3n) is 3.19. The molecular formula is C14H22N6S. The first-order chi connectivity index (χ1) is 10.2. The van der Waals surface area contributed by atoms with E-state index in [1.165, 1.54) is 4.88 Å². The number of aryl methyl sites for hydroxylation is 1. The number of rotatable bonds is 6. The fourth-order valence-corrected chi connectivity index (χ4v) is 2.84. The Labute approximate surface area is 129 Å². The molecule has 6 nitrogen and oxygen atoms in total. The van der Waals surface area contributed by atoms with Gasteiger partial charge in [0.15, 0.2) is 11.8 Å². The molecule has 0 bridgehead atoms. The Morgan fingerprint density at radius 2 is 2.33 bits per heavy atom. The highest BCUT2D eigenvalue weighted by atomic mass is 32.1. The highest BCUT2D eigenvalue weighted by Crippen LogP contribution is 2.13. The number of nitrogens with zero attached hydrogens (tertiary/aromatic N) is 4. The molecule has 0 aliphatic heterocycles. The molecule has 2 rings (SSSR count). The topological polar surface area (TPSA) is 67.1 Å². The molecule has 21 heavy (non-hydrogen) atoms. The maximum Gasteiger partial charge on any atom is 0.191 e. The van der Waals surface area contributed by atoms with Gasteiger partial charge in [-0.15, -0.1) is 21.5 Å². The van der Waals surface area contributed by atoms with Crippen LogP contribution in [0.5, 0.6) is 0 Å². The summed E-state index contributed by atoms with van der Waals surface area (Å²) in [5.74, 6) is 2.22. The van der Waals surface area contributed by atoms with Crippen molar-refractivity contribution >= 4 is 17.3 Å². The molecule has 2 N–H and O–H groups in total. The maximum absolute atomic E-state index is 4.23. The second-order valence-electron chi connectivity index (χ2n) is 5.05. The minimum atomic E-state index is 0.553. The van der Waals surface area contributed by atoms with Gasteiger partial charge in [-0.25, -0.2) is 0 Å². The van der Waals surface area contributed by atoms with Gasteiger partial charge in [0.05, 0.1) is 6.54 Å². The third-order valence-corrected chi connectivity index (χ3v) is 4.09. The van der Waals surface area contributed by atoms with Gasteiger partial charge < -0.3 is 15.2 Å². The van der Waals surface area contributed by atoms with Gasteiger partial charge in [-0.2, -0.15) is 0 Å². The van der Waals surface area contributed by atoms with Crippen molar-refractivity contribution in [1.29, 1.82) is 0 Å². The van der Waals surface area contributed by atoms with E-state index in [0.717, 1.165) is 24.7 Å². The molecule has 0 saturated carbocycles. The summed E-state index contributed by atoms with van der Waals surface area (Å²) in [7, 11) is 3.70. The van der Waals surface area contributed by atoms with Crippen LogP contribution in [0.15, 0.2) is 28.8 Å². The van der Waals surface area contributed by atoms with Crippen molar-refractivity contribution in [2.75, 3.05) is 13.6 Å². The number of hydrogen-bond donors (Lipinski definition) is 2. The molecule has 1 atom stereocenters. The lowest BCUT2D eigenvalue weighted by atomic mass is 10.1. The molecule has 0 aliphatic rings. The van der Waals surface area contributed by atoms with Gasteiger partial charge in [-0.3, -0.25) is 4.99 Å². The standard InChI is InChI=1S/C14H22N6S/c1-11(7-12-5-4-6-21-12)8-16-14(15-2)17-9-13-19-18-10-20(13)3/h4-6,10-11H,7-9H2,1-3H3,(H2,15,16,17). The van der Waals surface area contributed by atoms with Gasteiger partial charge >= 0.3 is 0 Å². The van der Waals surface area contributed by atoms with E-state index in [1.807, 2.05) is 23.0 Å². The number of aliphatic imine (C=N–C) groups is 1. The highest BCUT2D eigenvalue weighted by Gasteiger charge is 2.07. The molecule has 2 heterocycles. The smallest absolute Gasteiger partial charge is 0.191 e. The van der Waals surface area contributed by atoms with Crippen molar-refractivity contribution in [1.82, 2.24) is 25.4 Å². The molecule has 0 aliphatic carbocycles. The van der Waals surface area contributed by atoms with E-state index in [-0.39, 0.29) is 0 Å². The van der Waals surface area contributed by atoms with Gasteiger partial charge in [0.25, 0.3) is 0 Å². The summed E-state index contributed by atoms with van der Waals surface area (Å²) in [6.07, 6.45) is 2.78. The molecule has 7 heteroatoms. The van der Waals surface area contributed by atoms with Gasteiger partial charge in [-0.05, 0) is 23.8 Å². The Morgan fingerprint density at radius 3 is 2.95 bits per heavy atom. The van der Waals surface area contributed by atoms with E-state index in [0.29, 0.717) is 12.5 Å². The fraction of sp³-hybridized carbons (Fsp3) is 0.500. The number of aromatic nitrogens is 3. The van der Waals surface area contributed by atoms with Gasteiger partial charge in [0.1, 0.15) is 6.33 Å². The number of nitrogens with one attached hydrogen (secondary N) is 2. The maximum atomic E-state index is 4.23. The first kappa shape index (κ1) is 15.5. The molecule has 0 spiro atoms. The van der Waals surface area contributed by atoms with E-state index >= 15 is 0 Å². The predicted octanol–water partition coefficient (Wildman–Crippen LogP) is 1.42. The Kier molecular flexibility index (Phi) is 5.74. The minimum Gasteiger partial charge on any atom is -0.356 e. The second-order valence-corrected chi connectivity index (χ2v) is 6.09. The van der Waals surface area contributed by atoms with Crippen molar-refractivity contribution in [3.05, 3.63) is 34.5 Å². The minimum absolute atomic E-state index is 0.553. The molecule has 0 aromatic carbocycles. The van der Waals surface area contributed by atoms with Gasteiger partial charge in [0, 0.05) is 25.5 Å². The van der Waals surface area contributed by atoms with Crippen LogP contribution in [0, 0.1) is 5.92 Å². The van der Waals surface area contributed by atoms with Crippen LogP contribution in [0.2, 0.25) is 0 Å². The molecular weight excluding hydrogens is 284 g/mol. The summed E-state index contributed by atoms with van der Waals surface area (Å²) in [5.41, 5.74) is 0. The van der Waals surface area contributed by atoms with E-state index in [9.17, 15) is 0 Å². The van der Waals surface area contributed by atoms with E-state index in [2.05, 4.69) is 50.3 Å². The predicted molar refractivity (Wildman–Crippen MR) is 86.4 cm³/mol. The molecule has 2 aromatic heterocycles.